The number of carboxylic acid groups (broad SMARTS) is 1. The molecule has 1 aromatic rings. The van der Waals surface area contributed by atoms with Gasteiger partial charge in [0.1, 0.15) is 0 Å². The zero-order valence-corrected chi connectivity index (χ0v) is 12.3. The van der Waals surface area contributed by atoms with Crippen molar-refractivity contribution >= 4 is 33.7 Å². The molecule has 0 aliphatic heterocycles. The van der Waals surface area contributed by atoms with E-state index in [1.165, 1.54) is 18.2 Å². The van der Waals surface area contributed by atoms with E-state index >= 15 is 0 Å². The predicted octanol–water partition coefficient (Wildman–Crippen LogP) is 1.01. The summed E-state index contributed by atoms with van der Waals surface area (Å²) in [5.74, 6) is -2.71. The maximum atomic E-state index is 11.7. The number of carboxylic acids is 1. The van der Waals surface area contributed by atoms with Crippen LogP contribution in [0.15, 0.2) is 24.3 Å². The molecule has 0 heterocycles. The van der Waals surface area contributed by atoms with Crippen LogP contribution in [0.5, 0.6) is 0 Å². The molecule has 0 bridgehead atoms. The fraction of sp³-hybridized carbons (Fsp3) is 0.231. The molecule has 7 nitrogen and oxygen atoms in total. The number of esters is 1. The van der Waals surface area contributed by atoms with Gasteiger partial charge in [-0.25, -0.2) is 13.2 Å². The van der Waals surface area contributed by atoms with Crippen LogP contribution in [0.2, 0.25) is 0 Å². The number of hydrogen-bond donors (Lipinski definition) is 2. The number of methoxy groups -OCH3 is 1. The summed E-state index contributed by atoms with van der Waals surface area (Å²) < 4.78 is 29.9. The number of rotatable bonds is 6. The Morgan fingerprint density at radius 1 is 1.38 bits per heavy atom. The van der Waals surface area contributed by atoms with Crippen molar-refractivity contribution in [3.8, 4) is 0 Å². The molecule has 0 radical (unpaired) electrons. The van der Waals surface area contributed by atoms with Gasteiger partial charge in [-0.3, -0.25) is 9.52 Å². The number of nitrogens with one attached hydrogen (secondary N) is 1. The highest BCUT2D eigenvalue weighted by molar-refractivity contribution is 7.93. The maximum absolute atomic E-state index is 11.7. The summed E-state index contributed by atoms with van der Waals surface area (Å²) in [4.78, 5) is 21.4. The number of sulfonamides is 1. The number of hydrogen-bond acceptors (Lipinski definition) is 5. The summed E-state index contributed by atoms with van der Waals surface area (Å²) in [6, 6.07) is 4.59. The van der Waals surface area contributed by atoms with Crippen molar-refractivity contribution in [2.75, 3.05) is 17.6 Å². The number of carbonyl (C=O) groups is 2. The first-order valence-corrected chi connectivity index (χ1v) is 7.47. The molecule has 0 aliphatic carbocycles. The Labute approximate surface area is 122 Å². The van der Waals surface area contributed by atoms with Gasteiger partial charge in [-0.2, -0.15) is 0 Å². The van der Waals surface area contributed by atoms with Crippen molar-refractivity contribution in [1.82, 2.24) is 0 Å². The SMILES string of the molecule is COC(=O)CS(=O)(=O)Nc1ccc(C=CC(=O)O)c(C)c1. The molecule has 0 aromatic heterocycles. The van der Waals surface area contributed by atoms with Crippen LogP contribution >= 0.6 is 0 Å². The molecule has 2 N–H and O–H groups in total. The third kappa shape index (κ3) is 5.65. The van der Waals surface area contributed by atoms with Crippen molar-refractivity contribution in [1.29, 1.82) is 0 Å². The quantitative estimate of drug-likeness (QED) is 0.599. The lowest BCUT2D eigenvalue weighted by Crippen LogP contribution is -2.23. The summed E-state index contributed by atoms with van der Waals surface area (Å²) in [5, 5.41) is 8.56. The first-order chi connectivity index (χ1) is 9.73. The van der Waals surface area contributed by atoms with E-state index in [1.54, 1.807) is 13.0 Å². The minimum atomic E-state index is -3.84. The van der Waals surface area contributed by atoms with Gasteiger partial charge in [0, 0.05) is 11.8 Å². The van der Waals surface area contributed by atoms with Crippen LogP contribution in [0.25, 0.3) is 6.08 Å². The van der Waals surface area contributed by atoms with Gasteiger partial charge in [-0.1, -0.05) is 6.07 Å². The monoisotopic (exact) mass is 313 g/mol. The van der Waals surface area contributed by atoms with Crippen molar-refractivity contribution in [2.24, 2.45) is 0 Å². The number of carbonyl (C=O) groups excluding carboxylic acids is 1. The average molecular weight is 313 g/mol. The second kappa shape index (κ2) is 6.89. The first-order valence-electron chi connectivity index (χ1n) is 5.82. The lowest BCUT2D eigenvalue weighted by atomic mass is 10.1. The molecule has 0 amide bonds. The highest BCUT2D eigenvalue weighted by atomic mass is 32.2. The topological polar surface area (TPSA) is 110 Å². The predicted molar refractivity (Wildman–Crippen MR) is 77.3 cm³/mol. The first kappa shape index (κ1) is 16.7. The minimum Gasteiger partial charge on any atom is -0.478 e. The molecular weight excluding hydrogens is 298 g/mol. The summed E-state index contributed by atoms with van der Waals surface area (Å²) in [7, 11) is -2.74. The molecular formula is C13H15NO6S. The van der Waals surface area contributed by atoms with Crippen LogP contribution in [0.1, 0.15) is 11.1 Å². The molecule has 0 unspecified atom stereocenters. The Hall–Kier alpha value is -2.35. The number of aryl methyl sites for hydroxylation is 1. The second-order valence-corrected chi connectivity index (χ2v) is 5.90. The van der Waals surface area contributed by atoms with Crippen LogP contribution in [-0.2, 0) is 24.3 Å². The lowest BCUT2D eigenvalue weighted by molar-refractivity contribution is -0.137. The van der Waals surface area contributed by atoms with Crippen LogP contribution in [0.3, 0.4) is 0 Å². The van der Waals surface area contributed by atoms with E-state index in [0.29, 0.717) is 11.1 Å². The van der Waals surface area contributed by atoms with E-state index in [-0.39, 0.29) is 5.69 Å². The van der Waals surface area contributed by atoms with Crippen LogP contribution in [0, 0.1) is 6.92 Å². The highest BCUT2D eigenvalue weighted by Gasteiger charge is 2.17. The molecule has 8 heteroatoms. The Morgan fingerprint density at radius 2 is 2.05 bits per heavy atom. The number of aliphatic carboxylic acids is 1. The highest BCUT2D eigenvalue weighted by Crippen LogP contribution is 2.17. The van der Waals surface area contributed by atoms with Crippen molar-refractivity contribution in [2.45, 2.75) is 6.92 Å². The maximum Gasteiger partial charge on any atom is 0.328 e. The van der Waals surface area contributed by atoms with E-state index in [1.807, 2.05) is 0 Å². The van der Waals surface area contributed by atoms with Crippen molar-refractivity contribution < 1.29 is 27.9 Å². The van der Waals surface area contributed by atoms with Crippen molar-refractivity contribution in [3.05, 3.63) is 35.4 Å². The van der Waals surface area contributed by atoms with Crippen LogP contribution < -0.4 is 4.72 Å². The molecule has 0 spiro atoms. The molecule has 0 saturated carbocycles. The van der Waals surface area contributed by atoms with E-state index in [0.717, 1.165) is 13.2 Å². The molecule has 0 aliphatic rings. The number of anilines is 1. The Bertz CT molecular complexity index is 678. The fourth-order valence-corrected chi connectivity index (χ4v) is 2.50. The summed E-state index contributed by atoms with van der Waals surface area (Å²) in [6.07, 6.45) is 2.40. The zero-order valence-electron chi connectivity index (χ0n) is 11.5. The minimum absolute atomic E-state index is 0.281. The Balaban J connectivity index is 2.90. The summed E-state index contributed by atoms with van der Waals surface area (Å²) in [6.45, 7) is 1.71. The van der Waals surface area contributed by atoms with Crippen LogP contribution in [-0.4, -0.2) is 38.3 Å². The van der Waals surface area contributed by atoms with Gasteiger partial charge in [-0.05, 0) is 36.3 Å². The van der Waals surface area contributed by atoms with E-state index in [9.17, 15) is 18.0 Å². The summed E-state index contributed by atoms with van der Waals surface area (Å²) in [5.41, 5.74) is 1.61. The molecule has 0 fully saturated rings. The van der Waals surface area contributed by atoms with Gasteiger partial charge in [0.05, 0.1) is 7.11 Å². The second-order valence-electron chi connectivity index (χ2n) is 4.18. The van der Waals surface area contributed by atoms with Gasteiger partial charge in [-0.15, -0.1) is 0 Å². The Morgan fingerprint density at radius 3 is 2.57 bits per heavy atom. The number of benzene rings is 1. The Kier molecular flexibility index (Phi) is 5.48. The normalized spacial score (nSPS) is 11.3. The molecule has 0 saturated heterocycles. The van der Waals surface area contributed by atoms with Crippen molar-refractivity contribution in [3.63, 3.8) is 0 Å². The summed E-state index contributed by atoms with van der Waals surface area (Å²) >= 11 is 0. The van der Waals surface area contributed by atoms with Gasteiger partial charge in [0.15, 0.2) is 5.75 Å². The van der Waals surface area contributed by atoms with E-state index < -0.39 is 27.7 Å². The van der Waals surface area contributed by atoms with Gasteiger partial charge in [0.2, 0.25) is 10.0 Å². The van der Waals surface area contributed by atoms with E-state index in [4.69, 9.17) is 5.11 Å². The third-order valence-corrected chi connectivity index (χ3v) is 3.65. The molecule has 114 valence electrons. The average Bonchev–Trinajstić information content (AvgIpc) is 2.36. The molecule has 1 aromatic carbocycles. The molecule has 0 atom stereocenters. The third-order valence-electron chi connectivity index (χ3n) is 2.48. The fourth-order valence-electron chi connectivity index (χ4n) is 1.52. The molecule has 1 rings (SSSR count). The lowest BCUT2D eigenvalue weighted by Gasteiger charge is -2.09. The zero-order chi connectivity index (χ0) is 16.0. The number of ether oxygens (including phenoxy) is 1. The van der Waals surface area contributed by atoms with Crippen LogP contribution in [0.4, 0.5) is 5.69 Å². The standard InChI is InChI=1S/C13H15NO6S/c1-9-7-11(5-3-10(9)4-6-12(15)16)14-21(18,19)8-13(17)20-2/h3-7,14H,8H2,1-2H3,(H,15,16). The largest absolute Gasteiger partial charge is 0.478 e. The van der Waals surface area contributed by atoms with Gasteiger partial charge >= 0.3 is 11.9 Å². The smallest absolute Gasteiger partial charge is 0.328 e. The molecule has 21 heavy (non-hydrogen) atoms. The van der Waals surface area contributed by atoms with Gasteiger partial charge in [0.25, 0.3) is 0 Å². The van der Waals surface area contributed by atoms with Gasteiger partial charge < -0.3 is 9.84 Å². The van der Waals surface area contributed by atoms with E-state index in [2.05, 4.69) is 9.46 Å².